The second-order valence-electron chi connectivity index (χ2n) is 7.27. The zero-order chi connectivity index (χ0) is 20.0. The van der Waals surface area contributed by atoms with Gasteiger partial charge in [0.05, 0.1) is 12.5 Å². The summed E-state index contributed by atoms with van der Waals surface area (Å²) in [7, 11) is 0. The van der Waals surface area contributed by atoms with Gasteiger partial charge >= 0.3 is 11.9 Å². The molecule has 1 aromatic rings. The molecule has 1 aliphatic rings. The normalized spacial score (nSPS) is 20.5. The van der Waals surface area contributed by atoms with Gasteiger partial charge in [-0.05, 0) is 36.1 Å². The highest BCUT2D eigenvalue weighted by Crippen LogP contribution is 2.59. The summed E-state index contributed by atoms with van der Waals surface area (Å²) in [5.41, 5.74) is 0.553. The number of thioether (sulfide) groups is 1. The Morgan fingerprint density at radius 3 is 2.67 bits per heavy atom. The van der Waals surface area contributed by atoms with E-state index in [0.29, 0.717) is 11.6 Å². The van der Waals surface area contributed by atoms with Crippen molar-refractivity contribution in [3.8, 4) is 0 Å². The number of benzene rings is 1. The molecule has 0 heterocycles. The summed E-state index contributed by atoms with van der Waals surface area (Å²) in [6, 6.07) is 5.70. The molecule has 0 aliphatic heterocycles. The van der Waals surface area contributed by atoms with Crippen LogP contribution in [0.3, 0.4) is 0 Å². The molecule has 27 heavy (non-hydrogen) atoms. The average molecular weight is 411 g/mol. The van der Waals surface area contributed by atoms with Gasteiger partial charge in [-0.1, -0.05) is 50.9 Å². The smallest absolute Gasteiger partial charge is 0.330 e. The minimum Gasteiger partial charge on any atom is -0.463 e. The van der Waals surface area contributed by atoms with E-state index in [2.05, 4.69) is 0 Å². The first-order valence-corrected chi connectivity index (χ1v) is 10.8. The maximum absolute atomic E-state index is 12.5. The van der Waals surface area contributed by atoms with Crippen molar-refractivity contribution in [1.82, 2.24) is 0 Å². The van der Waals surface area contributed by atoms with Crippen LogP contribution < -0.4 is 0 Å². The molecule has 2 rings (SSSR count). The van der Waals surface area contributed by atoms with Crippen molar-refractivity contribution in [2.24, 2.45) is 17.3 Å². The molecule has 148 valence electrons. The standard InChI is InChI=1S/C21H27ClO4S/c1-5-6-11-25-18(23)10-9-16-19(21(16,2)3)20(24)26-13-14-7-8-15(27-4)12-17(14)22/h7-10,12,16,19H,5-6,11,13H2,1-4H3. The monoisotopic (exact) mass is 410 g/mol. The van der Waals surface area contributed by atoms with E-state index < -0.39 is 0 Å². The third kappa shape index (κ3) is 5.76. The number of ether oxygens (including phenoxy) is 2. The van der Waals surface area contributed by atoms with Crippen LogP contribution in [0.4, 0.5) is 0 Å². The number of carbonyl (C=O) groups is 2. The molecular formula is C21H27ClO4S. The molecule has 6 heteroatoms. The van der Waals surface area contributed by atoms with Crippen LogP contribution >= 0.6 is 23.4 Å². The van der Waals surface area contributed by atoms with Crippen molar-refractivity contribution in [2.75, 3.05) is 12.9 Å². The maximum Gasteiger partial charge on any atom is 0.330 e. The predicted octanol–water partition coefficient (Wildman–Crippen LogP) is 5.28. The van der Waals surface area contributed by atoms with Crippen LogP contribution in [0.5, 0.6) is 0 Å². The molecule has 0 aromatic heterocycles. The number of hydrogen-bond acceptors (Lipinski definition) is 5. The first kappa shape index (κ1) is 21.8. The van der Waals surface area contributed by atoms with Crippen LogP contribution in [0.2, 0.25) is 5.02 Å². The predicted molar refractivity (Wildman–Crippen MR) is 109 cm³/mol. The number of carbonyl (C=O) groups excluding carboxylic acids is 2. The summed E-state index contributed by atoms with van der Waals surface area (Å²) in [6.45, 7) is 6.60. The molecule has 0 spiro atoms. The van der Waals surface area contributed by atoms with Crippen LogP contribution in [0, 0.1) is 17.3 Å². The number of halogens is 1. The Labute approximate surface area is 170 Å². The van der Waals surface area contributed by atoms with Crippen LogP contribution in [-0.2, 0) is 25.7 Å². The molecule has 2 unspecified atom stereocenters. The third-order valence-electron chi connectivity index (χ3n) is 4.98. The lowest BCUT2D eigenvalue weighted by molar-refractivity contribution is -0.147. The topological polar surface area (TPSA) is 52.6 Å². The van der Waals surface area contributed by atoms with Gasteiger partial charge in [-0.25, -0.2) is 4.79 Å². The Morgan fingerprint density at radius 2 is 2.04 bits per heavy atom. The quantitative estimate of drug-likeness (QED) is 0.240. The van der Waals surface area contributed by atoms with Gasteiger partial charge in [0.15, 0.2) is 0 Å². The Hall–Kier alpha value is -1.46. The van der Waals surface area contributed by atoms with Gasteiger partial charge < -0.3 is 9.47 Å². The van der Waals surface area contributed by atoms with E-state index in [4.69, 9.17) is 21.1 Å². The van der Waals surface area contributed by atoms with Crippen LogP contribution in [0.1, 0.15) is 39.2 Å². The lowest BCUT2D eigenvalue weighted by Gasteiger charge is -2.08. The van der Waals surface area contributed by atoms with Gasteiger partial charge in [0, 0.05) is 21.6 Å². The van der Waals surface area contributed by atoms with E-state index in [0.717, 1.165) is 23.3 Å². The first-order valence-electron chi connectivity index (χ1n) is 9.15. The van der Waals surface area contributed by atoms with Gasteiger partial charge in [0.1, 0.15) is 6.61 Å². The fourth-order valence-electron chi connectivity index (χ4n) is 3.05. The number of rotatable bonds is 9. The fourth-order valence-corrected chi connectivity index (χ4v) is 3.78. The second-order valence-corrected chi connectivity index (χ2v) is 8.56. The number of unbranched alkanes of at least 4 members (excludes halogenated alkanes) is 1. The van der Waals surface area contributed by atoms with Gasteiger partial charge in [-0.3, -0.25) is 4.79 Å². The van der Waals surface area contributed by atoms with E-state index in [1.54, 1.807) is 17.8 Å². The summed E-state index contributed by atoms with van der Waals surface area (Å²) in [4.78, 5) is 25.2. The van der Waals surface area contributed by atoms with E-state index in [-0.39, 0.29) is 35.8 Å². The zero-order valence-corrected chi connectivity index (χ0v) is 17.9. The van der Waals surface area contributed by atoms with Gasteiger partial charge in [0.25, 0.3) is 0 Å². The van der Waals surface area contributed by atoms with E-state index >= 15 is 0 Å². The SMILES string of the molecule is CCCCOC(=O)C=CC1C(C(=O)OCc2ccc(SC)cc2Cl)C1(C)C. The highest BCUT2D eigenvalue weighted by atomic mass is 35.5. The molecule has 2 atom stereocenters. The number of hydrogen-bond donors (Lipinski definition) is 0. The van der Waals surface area contributed by atoms with Crippen molar-refractivity contribution in [2.45, 2.75) is 45.1 Å². The van der Waals surface area contributed by atoms with Crippen molar-refractivity contribution < 1.29 is 19.1 Å². The first-order chi connectivity index (χ1) is 12.8. The molecule has 4 nitrogen and oxygen atoms in total. The molecule has 0 amide bonds. The van der Waals surface area contributed by atoms with Crippen molar-refractivity contribution >= 4 is 35.3 Å². The summed E-state index contributed by atoms with van der Waals surface area (Å²) in [5.74, 6) is -0.919. The lowest BCUT2D eigenvalue weighted by atomic mass is 10.1. The van der Waals surface area contributed by atoms with Crippen LogP contribution in [-0.4, -0.2) is 24.8 Å². The summed E-state index contributed by atoms with van der Waals surface area (Å²) < 4.78 is 10.6. The Balaban J connectivity index is 1.88. The molecule has 0 bridgehead atoms. The molecule has 1 aliphatic carbocycles. The lowest BCUT2D eigenvalue weighted by Crippen LogP contribution is -2.11. The second kappa shape index (κ2) is 9.65. The van der Waals surface area contributed by atoms with Gasteiger partial charge in [0.2, 0.25) is 0 Å². The fraction of sp³-hybridized carbons (Fsp3) is 0.524. The number of esters is 2. The molecule has 0 radical (unpaired) electrons. The van der Waals surface area contributed by atoms with E-state index in [1.807, 2.05) is 45.2 Å². The summed E-state index contributed by atoms with van der Waals surface area (Å²) >= 11 is 7.85. The molecule has 0 saturated heterocycles. The minimum atomic E-state index is -0.362. The van der Waals surface area contributed by atoms with E-state index in [1.165, 1.54) is 6.08 Å². The molecule has 1 aromatic carbocycles. The van der Waals surface area contributed by atoms with Gasteiger partial charge in [-0.2, -0.15) is 0 Å². The van der Waals surface area contributed by atoms with Crippen molar-refractivity contribution in [1.29, 1.82) is 0 Å². The summed E-state index contributed by atoms with van der Waals surface area (Å²) in [6.07, 6.45) is 7.00. The van der Waals surface area contributed by atoms with Crippen molar-refractivity contribution in [3.05, 3.63) is 40.9 Å². The Morgan fingerprint density at radius 1 is 1.30 bits per heavy atom. The van der Waals surface area contributed by atoms with Crippen molar-refractivity contribution in [3.63, 3.8) is 0 Å². The van der Waals surface area contributed by atoms with Crippen LogP contribution in [0.15, 0.2) is 35.2 Å². The average Bonchev–Trinajstić information content (AvgIpc) is 3.19. The van der Waals surface area contributed by atoms with E-state index in [9.17, 15) is 9.59 Å². The summed E-state index contributed by atoms with van der Waals surface area (Å²) in [5, 5.41) is 0.593. The van der Waals surface area contributed by atoms with Crippen LogP contribution in [0.25, 0.3) is 0 Å². The molecule has 1 fully saturated rings. The highest BCUT2D eigenvalue weighted by molar-refractivity contribution is 7.98. The number of allylic oxidation sites excluding steroid dienone is 1. The largest absolute Gasteiger partial charge is 0.463 e. The minimum absolute atomic E-state index is 0.0296. The molecule has 1 saturated carbocycles. The highest BCUT2D eigenvalue weighted by Gasteiger charge is 2.61. The third-order valence-corrected chi connectivity index (χ3v) is 6.05. The molecule has 0 N–H and O–H groups in total. The molecular weight excluding hydrogens is 384 g/mol. The maximum atomic E-state index is 12.5. The Kier molecular flexibility index (Phi) is 7.80. The van der Waals surface area contributed by atoms with Gasteiger partial charge in [-0.15, -0.1) is 11.8 Å². The Bertz CT molecular complexity index is 714. The zero-order valence-electron chi connectivity index (χ0n) is 16.3.